The molecule has 140 valence electrons. The molecular formula is C19H23FN2O3S. The number of esters is 1. The number of thiophene rings is 1. The predicted octanol–water partition coefficient (Wildman–Crippen LogP) is 3.75. The van der Waals surface area contributed by atoms with E-state index < -0.39 is 5.97 Å². The van der Waals surface area contributed by atoms with Gasteiger partial charge in [0, 0.05) is 11.4 Å². The standard InChI is InChI=1S/C19H23FN2O3S/c1-5-25-19(24)17-12(2)13(3)26-18(17)21-16(23)11-22(4)10-14-6-8-15(20)9-7-14/h6-9H,5,10-11H2,1-4H3,(H,21,23). The van der Waals surface area contributed by atoms with Crippen LogP contribution >= 0.6 is 11.3 Å². The van der Waals surface area contributed by atoms with Crippen LogP contribution < -0.4 is 5.32 Å². The van der Waals surface area contributed by atoms with Gasteiger partial charge in [0.1, 0.15) is 10.8 Å². The highest BCUT2D eigenvalue weighted by Crippen LogP contribution is 2.33. The van der Waals surface area contributed by atoms with E-state index in [9.17, 15) is 14.0 Å². The Labute approximate surface area is 156 Å². The van der Waals surface area contributed by atoms with Crippen LogP contribution in [-0.2, 0) is 16.1 Å². The number of aryl methyl sites for hydroxylation is 1. The second-order valence-corrected chi connectivity index (χ2v) is 7.28. The van der Waals surface area contributed by atoms with Crippen LogP contribution in [0.5, 0.6) is 0 Å². The molecule has 0 aliphatic carbocycles. The molecule has 1 aromatic heterocycles. The first-order valence-corrected chi connectivity index (χ1v) is 9.13. The third kappa shape index (κ3) is 5.12. The molecule has 0 fully saturated rings. The SMILES string of the molecule is CCOC(=O)c1c(NC(=O)CN(C)Cc2ccc(F)cc2)sc(C)c1C. The third-order valence-corrected chi connectivity index (χ3v) is 5.02. The van der Waals surface area contributed by atoms with Gasteiger partial charge in [-0.05, 0) is 51.1 Å². The highest BCUT2D eigenvalue weighted by molar-refractivity contribution is 7.16. The Balaban J connectivity index is 2.02. The summed E-state index contributed by atoms with van der Waals surface area (Å²) in [5, 5.41) is 3.33. The van der Waals surface area contributed by atoms with E-state index in [4.69, 9.17) is 4.74 Å². The fourth-order valence-electron chi connectivity index (χ4n) is 2.53. The number of benzene rings is 1. The first-order valence-electron chi connectivity index (χ1n) is 8.31. The number of anilines is 1. The molecule has 0 unspecified atom stereocenters. The van der Waals surface area contributed by atoms with Crippen molar-refractivity contribution in [3.63, 3.8) is 0 Å². The topological polar surface area (TPSA) is 58.6 Å². The Bertz CT molecular complexity index is 787. The molecule has 0 saturated carbocycles. The first-order chi connectivity index (χ1) is 12.3. The second kappa shape index (κ2) is 8.91. The van der Waals surface area contributed by atoms with E-state index in [-0.39, 0.29) is 24.9 Å². The molecule has 0 radical (unpaired) electrons. The maximum atomic E-state index is 13.0. The Hall–Kier alpha value is -2.25. The molecule has 0 atom stereocenters. The lowest BCUT2D eigenvalue weighted by atomic mass is 10.1. The highest BCUT2D eigenvalue weighted by Gasteiger charge is 2.22. The molecule has 2 rings (SSSR count). The van der Waals surface area contributed by atoms with Gasteiger partial charge in [0.05, 0.1) is 18.7 Å². The van der Waals surface area contributed by atoms with Gasteiger partial charge in [-0.1, -0.05) is 12.1 Å². The number of hydrogen-bond acceptors (Lipinski definition) is 5. The molecule has 0 saturated heterocycles. The Morgan fingerprint density at radius 2 is 1.88 bits per heavy atom. The van der Waals surface area contributed by atoms with Crippen LogP contribution in [-0.4, -0.2) is 37.0 Å². The van der Waals surface area contributed by atoms with E-state index in [1.165, 1.54) is 23.5 Å². The number of halogens is 1. The minimum atomic E-state index is -0.427. The molecule has 0 aliphatic heterocycles. The average molecular weight is 378 g/mol. The molecule has 1 N–H and O–H groups in total. The zero-order chi connectivity index (χ0) is 19.3. The molecule has 1 amide bonds. The van der Waals surface area contributed by atoms with Crippen molar-refractivity contribution in [1.82, 2.24) is 4.90 Å². The Morgan fingerprint density at radius 3 is 2.50 bits per heavy atom. The van der Waals surface area contributed by atoms with Crippen molar-refractivity contribution in [2.75, 3.05) is 25.5 Å². The van der Waals surface area contributed by atoms with Gasteiger partial charge >= 0.3 is 5.97 Å². The van der Waals surface area contributed by atoms with Crippen molar-refractivity contribution < 1.29 is 18.7 Å². The van der Waals surface area contributed by atoms with Gasteiger partial charge in [0.15, 0.2) is 0 Å². The summed E-state index contributed by atoms with van der Waals surface area (Å²) >= 11 is 1.36. The maximum absolute atomic E-state index is 13.0. The lowest BCUT2D eigenvalue weighted by Crippen LogP contribution is -2.30. The molecule has 0 bridgehead atoms. The fourth-order valence-corrected chi connectivity index (χ4v) is 3.60. The summed E-state index contributed by atoms with van der Waals surface area (Å²) in [6, 6.07) is 6.17. The van der Waals surface area contributed by atoms with Gasteiger partial charge in [-0.3, -0.25) is 9.69 Å². The summed E-state index contributed by atoms with van der Waals surface area (Å²) < 4.78 is 18.0. The molecule has 7 heteroatoms. The number of likely N-dealkylation sites (N-methyl/N-ethyl adjacent to an activating group) is 1. The quantitative estimate of drug-likeness (QED) is 0.746. The minimum absolute atomic E-state index is 0.148. The van der Waals surface area contributed by atoms with Gasteiger partial charge < -0.3 is 10.1 Å². The molecule has 1 heterocycles. The molecule has 26 heavy (non-hydrogen) atoms. The van der Waals surface area contributed by atoms with Crippen LogP contribution in [0.25, 0.3) is 0 Å². The van der Waals surface area contributed by atoms with Crippen molar-refractivity contribution in [1.29, 1.82) is 0 Å². The lowest BCUT2D eigenvalue weighted by molar-refractivity contribution is -0.117. The fraction of sp³-hybridized carbons (Fsp3) is 0.368. The van der Waals surface area contributed by atoms with Crippen molar-refractivity contribution in [3.05, 3.63) is 51.7 Å². The zero-order valence-electron chi connectivity index (χ0n) is 15.4. The van der Waals surface area contributed by atoms with Gasteiger partial charge in [0.2, 0.25) is 5.91 Å². The Morgan fingerprint density at radius 1 is 1.23 bits per heavy atom. The minimum Gasteiger partial charge on any atom is -0.462 e. The van der Waals surface area contributed by atoms with Crippen molar-refractivity contribution in [3.8, 4) is 0 Å². The Kier molecular flexibility index (Phi) is 6.88. The van der Waals surface area contributed by atoms with E-state index in [0.717, 1.165) is 16.0 Å². The summed E-state index contributed by atoms with van der Waals surface area (Å²) in [5.74, 6) is -0.935. The smallest absolute Gasteiger partial charge is 0.341 e. The summed E-state index contributed by atoms with van der Waals surface area (Å²) in [4.78, 5) is 27.3. The molecule has 0 aliphatic rings. The number of ether oxygens (including phenoxy) is 1. The van der Waals surface area contributed by atoms with Crippen molar-refractivity contribution in [2.45, 2.75) is 27.3 Å². The number of carbonyl (C=O) groups is 2. The first kappa shape index (κ1) is 20.1. The highest BCUT2D eigenvalue weighted by atomic mass is 32.1. The van der Waals surface area contributed by atoms with Crippen LogP contribution in [0.4, 0.5) is 9.39 Å². The van der Waals surface area contributed by atoms with E-state index >= 15 is 0 Å². The predicted molar refractivity (Wildman–Crippen MR) is 101 cm³/mol. The number of amides is 1. The average Bonchev–Trinajstić information content (AvgIpc) is 2.83. The van der Waals surface area contributed by atoms with Crippen LogP contribution in [0, 0.1) is 19.7 Å². The van der Waals surface area contributed by atoms with Gasteiger partial charge in [0.25, 0.3) is 0 Å². The van der Waals surface area contributed by atoms with E-state index in [1.807, 2.05) is 18.7 Å². The second-order valence-electron chi connectivity index (χ2n) is 6.05. The van der Waals surface area contributed by atoms with Crippen LogP contribution in [0.1, 0.15) is 33.3 Å². The maximum Gasteiger partial charge on any atom is 0.341 e. The summed E-state index contributed by atoms with van der Waals surface area (Å²) in [5.41, 5.74) is 2.16. The summed E-state index contributed by atoms with van der Waals surface area (Å²) in [6.45, 7) is 6.43. The van der Waals surface area contributed by atoms with Crippen molar-refractivity contribution in [2.24, 2.45) is 0 Å². The van der Waals surface area contributed by atoms with Crippen LogP contribution in [0.2, 0.25) is 0 Å². The van der Waals surface area contributed by atoms with E-state index in [1.54, 1.807) is 26.1 Å². The molecule has 1 aromatic carbocycles. The molecular weight excluding hydrogens is 355 g/mol. The normalized spacial score (nSPS) is 10.8. The zero-order valence-corrected chi connectivity index (χ0v) is 16.2. The third-order valence-electron chi connectivity index (χ3n) is 3.90. The van der Waals surface area contributed by atoms with Crippen LogP contribution in [0.15, 0.2) is 24.3 Å². The molecule has 5 nitrogen and oxygen atoms in total. The van der Waals surface area contributed by atoms with E-state index in [0.29, 0.717) is 17.1 Å². The van der Waals surface area contributed by atoms with Gasteiger partial charge in [-0.15, -0.1) is 11.3 Å². The van der Waals surface area contributed by atoms with Gasteiger partial charge in [-0.25, -0.2) is 9.18 Å². The largest absolute Gasteiger partial charge is 0.462 e. The van der Waals surface area contributed by atoms with Gasteiger partial charge in [-0.2, -0.15) is 0 Å². The number of nitrogens with one attached hydrogen (secondary N) is 1. The van der Waals surface area contributed by atoms with E-state index in [2.05, 4.69) is 5.32 Å². The molecule has 2 aromatic rings. The number of hydrogen-bond donors (Lipinski definition) is 1. The summed E-state index contributed by atoms with van der Waals surface area (Å²) in [6.07, 6.45) is 0. The molecule has 0 spiro atoms. The van der Waals surface area contributed by atoms with Crippen LogP contribution in [0.3, 0.4) is 0 Å². The lowest BCUT2D eigenvalue weighted by Gasteiger charge is -2.16. The monoisotopic (exact) mass is 378 g/mol. The number of rotatable bonds is 7. The van der Waals surface area contributed by atoms with Crippen molar-refractivity contribution >= 4 is 28.2 Å². The summed E-state index contributed by atoms with van der Waals surface area (Å²) in [7, 11) is 1.81. The number of carbonyl (C=O) groups excluding carboxylic acids is 2. The number of nitrogens with zero attached hydrogens (tertiary/aromatic N) is 1.